The Bertz CT molecular complexity index is 1890. The van der Waals surface area contributed by atoms with Crippen molar-refractivity contribution in [2.24, 2.45) is 0 Å². The summed E-state index contributed by atoms with van der Waals surface area (Å²) in [6, 6.07) is 14.3. The lowest BCUT2D eigenvalue weighted by atomic mass is 10.1. The van der Waals surface area contributed by atoms with Gasteiger partial charge in [0, 0.05) is 44.3 Å². The highest BCUT2D eigenvalue weighted by atomic mass is 19.1. The van der Waals surface area contributed by atoms with E-state index < -0.39 is 5.82 Å². The number of carbonyl (C=O) groups excluding carboxylic acids is 2. The summed E-state index contributed by atoms with van der Waals surface area (Å²) in [5.41, 5.74) is 4.60. The molecule has 1 fully saturated rings. The van der Waals surface area contributed by atoms with Crippen LogP contribution in [0.4, 0.5) is 4.39 Å². The molecule has 0 atom stereocenters. The van der Waals surface area contributed by atoms with Crippen molar-refractivity contribution in [1.82, 2.24) is 28.9 Å². The molecule has 0 bridgehead atoms. The number of imidazole rings is 1. The Morgan fingerprint density at radius 3 is 2.57 bits per heavy atom. The number of pyridine rings is 1. The number of H-pyrrole nitrogens is 1. The number of benzene rings is 2. The quantitative estimate of drug-likeness (QED) is 0.227. The number of ether oxygens (including phenoxy) is 1. The standard InChI is InChI=1S/C18H18FN3O.C17H23N3O3/c1-12(2)21(3)18(23)15-10-14(19)4-5-16(15)22-9-7-13-6-8-20-11-17(13)22;1-13(21)23-10-9-20-16-6-5-14(11-15(16)18-17(20)22)12-19-7-3-2-4-8-19/h4-12H,1-3H3;5-6,11H,2-4,7-10,12H2,1H3,(H,18,22). The van der Waals surface area contributed by atoms with Gasteiger partial charge in [0.15, 0.2) is 0 Å². The molecule has 10 nitrogen and oxygen atoms in total. The van der Waals surface area contributed by atoms with E-state index in [-0.39, 0.29) is 30.2 Å². The summed E-state index contributed by atoms with van der Waals surface area (Å²) < 4.78 is 22.1. The third-order valence-electron chi connectivity index (χ3n) is 8.35. The maximum atomic E-state index is 13.7. The smallest absolute Gasteiger partial charge is 0.326 e. The zero-order valence-corrected chi connectivity index (χ0v) is 26.8. The molecular formula is C35H41FN6O4. The summed E-state index contributed by atoms with van der Waals surface area (Å²) in [6.07, 6.45) is 9.19. The molecule has 0 radical (unpaired) electrons. The van der Waals surface area contributed by atoms with E-state index in [9.17, 15) is 18.8 Å². The summed E-state index contributed by atoms with van der Waals surface area (Å²) in [7, 11) is 1.72. The van der Waals surface area contributed by atoms with Crippen molar-refractivity contribution in [3.63, 3.8) is 0 Å². The van der Waals surface area contributed by atoms with Gasteiger partial charge in [0.2, 0.25) is 0 Å². The molecule has 0 saturated carbocycles. The Kier molecular flexibility index (Phi) is 10.3. The van der Waals surface area contributed by atoms with E-state index in [1.54, 1.807) is 35.0 Å². The summed E-state index contributed by atoms with van der Waals surface area (Å²) in [5.74, 6) is -0.967. The fourth-order valence-corrected chi connectivity index (χ4v) is 5.69. The van der Waals surface area contributed by atoms with Crippen LogP contribution in [-0.4, -0.2) is 73.6 Å². The first-order chi connectivity index (χ1) is 22.1. The second-order valence-corrected chi connectivity index (χ2v) is 11.9. The Labute approximate surface area is 267 Å². The fourth-order valence-electron chi connectivity index (χ4n) is 5.69. The summed E-state index contributed by atoms with van der Waals surface area (Å²) in [4.78, 5) is 46.7. The molecule has 242 valence electrons. The molecule has 2 aromatic carbocycles. The number of aromatic nitrogens is 4. The van der Waals surface area contributed by atoms with Crippen LogP contribution in [0, 0.1) is 5.82 Å². The van der Waals surface area contributed by atoms with Gasteiger partial charge in [-0.05, 0) is 87.8 Å². The van der Waals surface area contributed by atoms with Crippen LogP contribution in [-0.2, 0) is 22.6 Å². The Balaban J connectivity index is 0.000000181. The fraction of sp³-hybridized carbons (Fsp3) is 0.371. The average Bonchev–Trinajstić information content (AvgIpc) is 3.61. The van der Waals surface area contributed by atoms with Gasteiger partial charge in [-0.2, -0.15) is 0 Å². The summed E-state index contributed by atoms with van der Waals surface area (Å²) in [6.45, 7) is 9.01. The van der Waals surface area contributed by atoms with Crippen molar-refractivity contribution in [1.29, 1.82) is 0 Å². The number of carbonyl (C=O) groups is 2. The molecule has 1 saturated heterocycles. The van der Waals surface area contributed by atoms with Crippen molar-refractivity contribution >= 4 is 33.8 Å². The molecule has 6 rings (SSSR count). The number of fused-ring (bicyclic) bond motifs is 2. The number of piperidine rings is 1. The monoisotopic (exact) mass is 628 g/mol. The lowest BCUT2D eigenvalue weighted by Gasteiger charge is -2.26. The Hall–Kier alpha value is -4.77. The predicted molar refractivity (Wildman–Crippen MR) is 177 cm³/mol. The van der Waals surface area contributed by atoms with E-state index in [1.165, 1.54) is 43.9 Å². The minimum Gasteiger partial charge on any atom is -0.464 e. The van der Waals surface area contributed by atoms with Crippen LogP contribution in [0.15, 0.2) is 71.9 Å². The third kappa shape index (κ3) is 7.54. The highest BCUT2D eigenvalue weighted by molar-refractivity contribution is 5.98. The molecule has 11 heteroatoms. The predicted octanol–water partition coefficient (Wildman–Crippen LogP) is 5.52. The second-order valence-electron chi connectivity index (χ2n) is 11.9. The molecule has 0 spiro atoms. The SMILES string of the molecule is CC(=O)OCCn1c(=O)[nH]c2cc(CN3CCCCC3)ccc21.CC(C)N(C)C(=O)c1cc(F)ccc1-n1ccc2ccncc21. The lowest BCUT2D eigenvalue weighted by Crippen LogP contribution is -2.33. The van der Waals surface area contributed by atoms with Crippen molar-refractivity contribution in [2.45, 2.75) is 59.2 Å². The van der Waals surface area contributed by atoms with Crippen molar-refractivity contribution in [3.05, 3.63) is 94.5 Å². The van der Waals surface area contributed by atoms with Crippen LogP contribution in [0.25, 0.3) is 27.6 Å². The normalized spacial score (nSPS) is 13.5. The minimum absolute atomic E-state index is 0.0293. The summed E-state index contributed by atoms with van der Waals surface area (Å²) >= 11 is 0. The molecule has 1 aliphatic rings. The molecule has 0 unspecified atom stereocenters. The van der Waals surface area contributed by atoms with Gasteiger partial charge in [0.1, 0.15) is 12.4 Å². The number of hydrogen-bond donors (Lipinski definition) is 1. The molecule has 1 amide bonds. The van der Waals surface area contributed by atoms with E-state index in [0.29, 0.717) is 17.8 Å². The molecule has 0 aliphatic carbocycles. The number of hydrogen-bond acceptors (Lipinski definition) is 6. The van der Waals surface area contributed by atoms with Gasteiger partial charge in [-0.1, -0.05) is 12.5 Å². The maximum absolute atomic E-state index is 13.7. The molecule has 1 N–H and O–H groups in total. The van der Waals surface area contributed by atoms with Crippen LogP contribution in [0.5, 0.6) is 0 Å². The van der Waals surface area contributed by atoms with Gasteiger partial charge >= 0.3 is 11.7 Å². The van der Waals surface area contributed by atoms with Gasteiger partial charge in [0.05, 0.1) is 40.5 Å². The number of halogens is 1. The highest BCUT2D eigenvalue weighted by Crippen LogP contribution is 2.24. The summed E-state index contributed by atoms with van der Waals surface area (Å²) in [5, 5.41) is 1.01. The van der Waals surface area contributed by atoms with E-state index >= 15 is 0 Å². The molecule has 1 aliphatic heterocycles. The highest BCUT2D eigenvalue weighted by Gasteiger charge is 2.20. The van der Waals surface area contributed by atoms with Gasteiger partial charge < -0.3 is 19.2 Å². The van der Waals surface area contributed by atoms with Gasteiger partial charge in [-0.3, -0.25) is 24.0 Å². The molecule has 5 aromatic rings. The van der Waals surface area contributed by atoms with Crippen LogP contribution in [0.2, 0.25) is 0 Å². The zero-order valence-electron chi connectivity index (χ0n) is 26.8. The van der Waals surface area contributed by atoms with E-state index in [2.05, 4.69) is 20.9 Å². The Morgan fingerprint density at radius 2 is 1.83 bits per heavy atom. The molecule has 46 heavy (non-hydrogen) atoms. The largest absolute Gasteiger partial charge is 0.464 e. The number of aromatic amines is 1. The minimum atomic E-state index is -0.427. The zero-order chi connectivity index (χ0) is 32.8. The topological polar surface area (TPSA) is 105 Å². The van der Waals surface area contributed by atoms with E-state index in [1.807, 2.05) is 48.9 Å². The first-order valence-electron chi connectivity index (χ1n) is 15.7. The van der Waals surface area contributed by atoms with Crippen molar-refractivity contribution in [3.8, 4) is 5.69 Å². The molecule has 3 aromatic heterocycles. The average molecular weight is 629 g/mol. The number of esters is 1. The lowest BCUT2D eigenvalue weighted by molar-refractivity contribution is -0.141. The van der Waals surface area contributed by atoms with E-state index in [4.69, 9.17) is 4.74 Å². The third-order valence-corrected chi connectivity index (χ3v) is 8.35. The number of likely N-dealkylation sites (tertiary alicyclic amines) is 1. The number of nitrogens with zero attached hydrogens (tertiary/aromatic N) is 5. The van der Waals surface area contributed by atoms with E-state index in [0.717, 1.165) is 41.6 Å². The first-order valence-corrected chi connectivity index (χ1v) is 15.7. The number of amides is 1. The Morgan fingerprint density at radius 1 is 1.04 bits per heavy atom. The van der Waals surface area contributed by atoms with Crippen LogP contribution in [0.1, 0.15) is 56.0 Å². The van der Waals surface area contributed by atoms with Gasteiger partial charge in [-0.25, -0.2) is 9.18 Å². The van der Waals surface area contributed by atoms with Crippen LogP contribution in [0.3, 0.4) is 0 Å². The van der Waals surface area contributed by atoms with Gasteiger partial charge in [0.25, 0.3) is 5.91 Å². The molecule has 4 heterocycles. The van der Waals surface area contributed by atoms with Crippen molar-refractivity contribution < 1.29 is 18.7 Å². The number of nitrogens with one attached hydrogen (secondary N) is 1. The molecular weight excluding hydrogens is 587 g/mol. The first kappa shape index (κ1) is 32.6. The van der Waals surface area contributed by atoms with Crippen LogP contribution < -0.4 is 5.69 Å². The second kappa shape index (κ2) is 14.6. The van der Waals surface area contributed by atoms with Crippen LogP contribution >= 0.6 is 0 Å². The van der Waals surface area contributed by atoms with Crippen molar-refractivity contribution in [2.75, 3.05) is 26.7 Å². The maximum Gasteiger partial charge on any atom is 0.326 e. The number of rotatable bonds is 8. The van der Waals surface area contributed by atoms with Gasteiger partial charge in [-0.15, -0.1) is 0 Å².